The van der Waals surface area contributed by atoms with Crippen LogP contribution in [0.4, 0.5) is 0 Å². The van der Waals surface area contributed by atoms with Crippen LogP contribution < -0.4 is 5.73 Å². The molecule has 2 rings (SSSR count). The standard InChI is InChI=1S/C14H24ClN3O/c1-11-12(13(15)18(2)17-11)9-19-10-14(16)7-5-3-4-6-8-14/h3-10,16H2,1-2H3. The molecule has 1 aliphatic carbocycles. The molecule has 1 heterocycles. The highest BCUT2D eigenvalue weighted by molar-refractivity contribution is 6.30. The number of aryl methyl sites for hydroxylation is 2. The number of nitrogens with two attached hydrogens (primary N) is 1. The second kappa shape index (κ2) is 6.25. The fourth-order valence-electron chi connectivity index (χ4n) is 2.77. The Bertz CT molecular complexity index is 423. The second-order valence-electron chi connectivity index (χ2n) is 5.75. The predicted octanol–water partition coefficient (Wildman–Crippen LogP) is 2.95. The number of hydrogen-bond acceptors (Lipinski definition) is 3. The van der Waals surface area contributed by atoms with E-state index in [2.05, 4.69) is 5.10 Å². The smallest absolute Gasteiger partial charge is 0.132 e. The number of nitrogens with zero attached hydrogens (tertiary/aromatic N) is 2. The van der Waals surface area contributed by atoms with E-state index in [1.165, 1.54) is 25.7 Å². The van der Waals surface area contributed by atoms with Crippen LogP contribution in [0.25, 0.3) is 0 Å². The highest BCUT2D eigenvalue weighted by atomic mass is 35.5. The van der Waals surface area contributed by atoms with Crippen molar-refractivity contribution in [1.29, 1.82) is 0 Å². The maximum absolute atomic E-state index is 6.43. The van der Waals surface area contributed by atoms with Gasteiger partial charge in [-0.1, -0.05) is 37.3 Å². The monoisotopic (exact) mass is 285 g/mol. The summed E-state index contributed by atoms with van der Waals surface area (Å²) in [5.41, 5.74) is 8.18. The van der Waals surface area contributed by atoms with Gasteiger partial charge < -0.3 is 10.5 Å². The molecule has 5 heteroatoms. The number of rotatable bonds is 4. The molecule has 0 aliphatic heterocycles. The average Bonchev–Trinajstić information content (AvgIpc) is 2.56. The minimum atomic E-state index is -0.154. The lowest BCUT2D eigenvalue weighted by Gasteiger charge is -2.27. The fourth-order valence-corrected chi connectivity index (χ4v) is 3.00. The van der Waals surface area contributed by atoms with Crippen molar-refractivity contribution in [2.45, 2.75) is 57.6 Å². The summed E-state index contributed by atoms with van der Waals surface area (Å²) in [4.78, 5) is 0. The molecular weight excluding hydrogens is 262 g/mol. The minimum absolute atomic E-state index is 0.154. The van der Waals surface area contributed by atoms with Gasteiger partial charge in [0.25, 0.3) is 0 Å². The largest absolute Gasteiger partial charge is 0.375 e. The maximum Gasteiger partial charge on any atom is 0.132 e. The Morgan fingerprint density at radius 2 is 1.95 bits per heavy atom. The van der Waals surface area contributed by atoms with Crippen molar-refractivity contribution < 1.29 is 4.74 Å². The summed E-state index contributed by atoms with van der Waals surface area (Å²) >= 11 is 6.19. The third-order valence-corrected chi connectivity index (χ3v) is 4.48. The van der Waals surface area contributed by atoms with Gasteiger partial charge in [-0.25, -0.2) is 0 Å². The lowest BCUT2D eigenvalue weighted by molar-refractivity contribution is 0.0665. The first kappa shape index (κ1) is 14.8. The summed E-state index contributed by atoms with van der Waals surface area (Å²) in [6.07, 6.45) is 7.15. The summed E-state index contributed by atoms with van der Waals surface area (Å²) in [6, 6.07) is 0. The van der Waals surface area contributed by atoms with Crippen LogP contribution in [0.15, 0.2) is 0 Å². The Morgan fingerprint density at radius 3 is 2.47 bits per heavy atom. The molecule has 0 radical (unpaired) electrons. The third kappa shape index (κ3) is 3.71. The zero-order chi connectivity index (χ0) is 13.9. The molecule has 1 fully saturated rings. The molecule has 1 aliphatic rings. The topological polar surface area (TPSA) is 53.1 Å². The van der Waals surface area contributed by atoms with Crippen LogP contribution in [0.5, 0.6) is 0 Å². The van der Waals surface area contributed by atoms with E-state index in [9.17, 15) is 0 Å². The Morgan fingerprint density at radius 1 is 1.32 bits per heavy atom. The van der Waals surface area contributed by atoms with Crippen molar-refractivity contribution in [3.63, 3.8) is 0 Å². The van der Waals surface area contributed by atoms with E-state index in [0.29, 0.717) is 18.4 Å². The normalized spacial score (nSPS) is 19.4. The Labute approximate surface area is 120 Å². The second-order valence-corrected chi connectivity index (χ2v) is 6.11. The molecule has 0 spiro atoms. The van der Waals surface area contributed by atoms with Crippen LogP contribution in [0.3, 0.4) is 0 Å². The number of aromatic nitrogens is 2. The number of ether oxygens (including phenoxy) is 1. The van der Waals surface area contributed by atoms with E-state index < -0.39 is 0 Å². The van der Waals surface area contributed by atoms with Crippen molar-refractivity contribution in [1.82, 2.24) is 9.78 Å². The first-order valence-electron chi connectivity index (χ1n) is 7.06. The van der Waals surface area contributed by atoms with Gasteiger partial charge in [-0.15, -0.1) is 0 Å². The SMILES string of the molecule is Cc1nn(C)c(Cl)c1COCC1(N)CCCCCC1. The number of halogens is 1. The molecule has 0 unspecified atom stereocenters. The van der Waals surface area contributed by atoms with E-state index in [-0.39, 0.29) is 5.54 Å². The van der Waals surface area contributed by atoms with E-state index >= 15 is 0 Å². The Hall–Kier alpha value is -0.580. The first-order chi connectivity index (χ1) is 9.02. The van der Waals surface area contributed by atoms with Gasteiger partial charge >= 0.3 is 0 Å². The molecule has 0 atom stereocenters. The molecule has 1 aromatic rings. The Kier molecular flexibility index (Phi) is 4.87. The molecular formula is C14H24ClN3O. The van der Waals surface area contributed by atoms with Gasteiger partial charge in [-0.2, -0.15) is 5.10 Å². The van der Waals surface area contributed by atoms with Gasteiger partial charge in [-0.05, 0) is 19.8 Å². The van der Waals surface area contributed by atoms with Crippen molar-refractivity contribution >= 4 is 11.6 Å². The van der Waals surface area contributed by atoms with Gasteiger partial charge in [0.05, 0.1) is 18.9 Å². The zero-order valence-electron chi connectivity index (χ0n) is 11.9. The molecule has 1 aromatic heterocycles. The van der Waals surface area contributed by atoms with Crippen molar-refractivity contribution in [3.8, 4) is 0 Å². The quantitative estimate of drug-likeness (QED) is 0.866. The van der Waals surface area contributed by atoms with Crippen LogP contribution >= 0.6 is 11.6 Å². The summed E-state index contributed by atoms with van der Waals surface area (Å²) in [5, 5.41) is 4.94. The highest BCUT2D eigenvalue weighted by Crippen LogP contribution is 2.26. The van der Waals surface area contributed by atoms with E-state index in [1.807, 2.05) is 14.0 Å². The minimum Gasteiger partial charge on any atom is -0.375 e. The molecule has 1 saturated carbocycles. The van der Waals surface area contributed by atoms with Gasteiger partial charge in [0.1, 0.15) is 5.15 Å². The van der Waals surface area contributed by atoms with Gasteiger partial charge in [-0.3, -0.25) is 4.68 Å². The van der Waals surface area contributed by atoms with Gasteiger partial charge in [0.15, 0.2) is 0 Å². The highest BCUT2D eigenvalue weighted by Gasteiger charge is 2.26. The lowest BCUT2D eigenvalue weighted by Crippen LogP contribution is -2.43. The van der Waals surface area contributed by atoms with Crippen LogP contribution in [-0.2, 0) is 18.4 Å². The summed E-state index contributed by atoms with van der Waals surface area (Å²) in [7, 11) is 1.84. The fraction of sp³-hybridized carbons (Fsp3) is 0.786. The van der Waals surface area contributed by atoms with Crippen molar-refractivity contribution in [2.24, 2.45) is 12.8 Å². The molecule has 0 saturated heterocycles. The lowest BCUT2D eigenvalue weighted by atomic mass is 9.93. The van der Waals surface area contributed by atoms with Gasteiger partial charge in [0, 0.05) is 18.2 Å². The Balaban J connectivity index is 1.88. The van der Waals surface area contributed by atoms with Crippen molar-refractivity contribution in [2.75, 3.05) is 6.61 Å². The first-order valence-corrected chi connectivity index (χ1v) is 7.44. The van der Waals surface area contributed by atoms with E-state index in [4.69, 9.17) is 22.1 Å². The molecule has 0 aromatic carbocycles. The third-order valence-electron chi connectivity index (χ3n) is 4.01. The number of hydrogen-bond donors (Lipinski definition) is 1. The van der Waals surface area contributed by atoms with Crippen LogP contribution in [0.1, 0.15) is 49.8 Å². The molecule has 108 valence electrons. The molecule has 4 nitrogen and oxygen atoms in total. The maximum atomic E-state index is 6.43. The molecule has 0 amide bonds. The summed E-state index contributed by atoms with van der Waals surface area (Å²) in [6.45, 7) is 3.06. The van der Waals surface area contributed by atoms with Crippen molar-refractivity contribution in [3.05, 3.63) is 16.4 Å². The van der Waals surface area contributed by atoms with Crippen LogP contribution in [0, 0.1) is 6.92 Å². The average molecular weight is 286 g/mol. The van der Waals surface area contributed by atoms with E-state index in [1.54, 1.807) is 4.68 Å². The molecule has 2 N–H and O–H groups in total. The van der Waals surface area contributed by atoms with Gasteiger partial charge in [0.2, 0.25) is 0 Å². The molecule has 0 bridgehead atoms. The zero-order valence-corrected chi connectivity index (χ0v) is 12.7. The van der Waals surface area contributed by atoms with Crippen LogP contribution in [-0.4, -0.2) is 21.9 Å². The van der Waals surface area contributed by atoms with E-state index in [0.717, 1.165) is 24.1 Å². The predicted molar refractivity (Wildman–Crippen MR) is 77.2 cm³/mol. The molecule has 19 heavy (non-hydrogen) atoms. The summed E-state index contributed by atoms with van der Waals surface area (Å²) in [5.74, 6) is 0. The van der Waals surface area contributed by atoms with Crippen LogP contribution in [0.2, 0.25) is 5.15 Å². The summed E-state index contributed by atoms with van der Waals surface area (Å²) < 4.78 is 7.51.